The van der Waals surface area contributed by atoms with Gasteiger partial charge in [0.05, 0.1) is 4.92 Å². The Morgan fingerprint density at radius 1 is 1.33 bits per heavy atom. The van der Waals surface area contributed by atoms with Crippen molar-refractivity contribution in [1.82, 2.24) is 0 Å². The van der Waals surface area contributed by atoms with Gasteiger partial charge in [0.2, 0.25) is 0 Å². The zero-order valence-corrected chi connectivity index (χ0v) is 11.0. The summed E-state index contributed by atoms with van der Waals surface area (Å²) < 4.78 is 0. The molecule has 0 spiro atoms. The number of nitrogens with one attached hydrogen (secondary N) is 1. The molecule has 18 heavy (non-hydrogen) atoms. The summed E-state index contributed by atoms with van der Waals surface area (Å²) >= 11 is 0. The van der Waals surface area contributed by atoms with Gasteiger partial charge < -0.3 is 5.32 Å². The average molecular weight is 248 g/mol. The van der Waals surface area contributed by atoms with E-state index >= 15 is 0 Å². The van der Waals surface area contributed by atoms with Gasteiger partial charge in [-0.25, -0.2) is 0 Å². The maximum absolute atomic E-state index is 10.9. The van der Waals surface area contributed by atoms with Gasteiger partial charge in [-0.05, 0) is 31.7 Å². The monoisotopic (exact) mass is 248 g/mol. The third-order valence-corrected chi connectivity index (χ3v) is 3.87. The molecule has 1 fully saturated rings. The van der Waals surface area contributed by atoms with Crippen LogP contribution in [0.25, 0.3) is 0 Å². The summed E-state index contributed by atoms with van der Waals surface area (Å²) in [5.74, 6) is 0.638. The average Bonchev–Trinajstić information content (AvgIpc) is 2.34. The molecular formula is C14H20N2O2. The maximum atomic E-state index is 10.9. The highest BCUT2D eigenvalue weighted by atomic mass is 16.6. The highest BCUT2D eigenvalue weighted by Gasteiger charge is 2.21. The van der Waals surface area contributed by atoms with Gasteiger partial charge in [-0.2, -0.15) is 0 Å². The van der Waals surface area contributed by atoms with E-state index < -0.39 is 0 Å². The standard InChI is InChI=1S/C14H20N2O2/c1-10-5-3-4-6-13(10)15-12-8-7-11(2)14(9-12)16(17)18/h7-10,13,15H,3-6H2,1-2H3. The van der Waals surface area contributed by atoms with Crippen molar-refractivity contribution in [3.8, 4) is 0 Å². The summed E-state index contributed by atoms with van der Waals surface area (Å²) in [7, 11) is 0. The van der Waals surface area contributed by atoms with Crippen molar-refractivity contribution in [2.24, 2.45) is 5.92 Å². The van der Waals surface area contributed by atoms with Crippen LogP contribution in [0.5, 0.6) is 0 Å². The smallest absolute Gasteiger partial charge is 0.274 e. The topological polar surface area (TPSA) is 55.2 Å². The van der Waals surface area contributed by atoms with Crippen LogP contribution in [0.4, 0.5) is 11.4 Å². The molecule has 4 heteroatoms. The third kappa shape index (κ3) is 2.81. The number of nitrogens with zero attached hydrogens (tertiary/aromatic N) is 1. The van der Waals surface area contributed by atoms with Crippen LogP contribution in [-0.2, 0) is 0 Å². The molecule has 0 aromatic heterocycles. The number of nitro benzene ring substituents is 1. The lowest BCUT2D eigenvalue weighted by Crippen LogP contribution is -2.30. The van der Waals surface area contributed by atoms with E-state index in [-0.39, 0.29) is 10.6 Å². The van der Waals surface area contributed by atoms with E-state index in [1.165, 1.54) is 19.3 Å². The quantitative estimate of drug-likeness (QED) is 0.652. The SMILES string of the molecule is Cc1ccc(NC2CCCCC2C)cc1[N+](=O)[O-]. The van der Waals surface area contributed by atoms with Gasteiger partial charge in [0.1, 0.15) is 0 Å². The summed E-state index contributed by atoms with van der Waals surface area (Å²) in [5, 5.41) is 14.4. The van der Waals surface area contributed by atoms with Crippen LogP contribution in [0.3, 0.4) is 0 Å². The first-order valence-electron chi connectivity index (χ1n) is 6.59. The highest BCUT2D eigenvalue weighted by Crippen LogP contribution is 2.29. The van der Waals surface area contributed by atoms with Crippen molar-refractivity contribution in [1.29, 1.82) is 0 Å². The predicted octanol–water partition coefficient (Wildman–Crippen LogP) is 3.89. The zero-order chi connectivity index (χ0) is 13.1. The molecule has 0 saturated heterocycles. The molecule has 0 radical (unpaired) electrons. The van der Waals surface area contributed by atoms with Crippen LogP contribution in [-0.4, -0.2) is 11.0 Å². The fraction of sp³-hybridized carbons (Fsp3) is 0.571. The molecule has 2 atom stereocenters. The van der Waals surface area contributed by atoms with E-state index in [0.29, 0.717) is 17.5 Å². The van der Waals surface area contributed by atoms with Gasteiger partial charge in [-0.1, -0.05) is 25.8 Å². The number of benzene rings is 1. The Balaban J connectivity index is 2.14. The first kappa shape index (κ1) is 12.9. The Kier molecular flexibility index (Phi) is 3.84. The molecule has 2 unspecified atom stereocenters. The van der Waals surface area contributed by atoms with Crippen molar-refractivity contribution < 1.29 is 4.92 Å². The van der Waals surface area contributed by atoms with Crippen molar-refractivity contribution >= 4 is 11.4 Å². The van der Waals surface area contributed by atoms with Gasteiger partial charge in [0.25, 0.3) is 5.69 Å². The minimum atomic E-state index is -0.315. The van der Waals surface area contributed by atoms with Gasteiger partial charge in [0, 0.05) is 23.4 Å². The van der Waals surface area contributed by atoms with Crippen molar-refractivity contribution in [3.63, 3.8) is 0 Å². The fourth-order valence-electron chi connectivity index (χ4n) is 2.64. The molecule has 1 aliphatic carbocycles. The zero-order valence-electron chi connectivity index (χ0n) is 11.0. The molecule has 0 bridgehead atoms. The number of anilines is 1. The van der Waals surface area contributed by atoms with Crippen LogP contribution < -0.4 is 5.32 Å². The Bertz CT molecular complexity index is 445. The lowest BCUT2D eigenvalue weighted by molar-refractivity contribution is -0.385. The van der Waals surface area contributed by atoms with E-state index in [9.17, 15) is 10.1 Å². The molecule has 1 aliphatic rings. The largest absolute Gasteiger partial charge is 0.382 e. The summed E-state index contributed by atoms with van der Waals surface area (Å²) in [6.07, 6.45) is 4.94. The van der Waals surface area contributed by atoms with Crippen molar-refractivity contribution in [2.75, 3.05) is 5.32 Å². The van der Waals surface area contributed by atoms with E-state index in [4.69, 9.17) is 0 Å². The first-order chi connectivity index (χ1) is 8.58. The maximum Gasteiger partial charge on any atom is 0.274 e. The number of hydrogen-bond acceptors (Lipinski definition) is 3. The van der Waals surface area contributed by atoms with Crippen LogP contribution in [0, 0.1) is 23.0 Å². The summed E-state index contributed by atoms with van der Waals surface area (Å²) in [4.78, 5) is 10.6. The second kappa shape index (κ2) is 5.38. The fourth-order valence-corrected chi connectivity index (χ4v) is 2.64. The van der Waals surface area contributed by atoms with E-state index in [1.807, 2.05) is 12.1 Å². The summed E-state index contributed by atoms with van der Waals surface area (Å²) in [5.41, 5.74) is 1.77. The van der Waals surface area contributed by atoms with E-state index in [1.54, 1.807) is 13.0 Å². The Labute approximate surface area is 108 Å². The predicted molar refractivity (Wildman–Crippen MR) is 72.9 cm³/mol. The molecule has 0 amide bonds. The van der Waals surface area contributed by atoms with Crippen LogP contribution in [0.15, 0.2) is 18.2 Å². The number of aryl methyl sites for hydroxylation is 1. The second-order valence-electron chi connectivity index (χ2n) is 5.27. The van der Waals surface area contributed by atoms with Gasteiger partial charge in [-0.15, -0.1) is 0 Å². The molecule has 0 aliphatic heterocycles. The number of rotatable bonds is 3. The summed E-state index contributed by atoms with van der Waals surface area (Å²) in [6.45, 7) is 4.02. The van der Waals surface area contributed by atoms with Gasteiger partial charge in [-0.3, -0.25) is 10.1 Å². The van der Waals surface area contributed by atoms with Crippen LogP contribution in [0.1, 0.15) is 38.2 Å². The molecule has 1 N–H and O–H groups in total. The molecular weight excluding hydrogens is 228 g/mol. The van der Waals surface area contributed by atoms with Crippen molar-refractivity contribution in [2.45, 2.75) is 45.6 Å². The number of hydrogen-bond donors (Lipinski definition) is 1. The lowest BCUT2D eigenvalue weighted by atomic mass is 9.86. The molecule has 1 saturated carbocycles. The minimum absolute atomic E-state index is 0.198. The third-order valence-electron chi connectivity index (χ3n) is 3.87. The van der Waals surface area contributed by atoms with Crippen LogP contribution in [0.2, 0.25) is 0 Å². The minimum Gasteiger partial charge on any atom is -0.382 e. The Hall–Kier alpha value is -1.58. The lowest BCUT2D eigenvalue weighted by Gasteiger charge is -2.30. The molecule has 0 heterocycles. The van der Waals surface area contributed by atoms with Gasteiger partial charge in [0.15, 0.2) is 0 Å². The van der Waals surface area contributed by atoms with Crippen LogP contribution >= 0.6 is 0 Å². The molecule has 98 valence electrons. The van der Waals surface area contributed by atoms with Crippen molar-refractivity contribution in [3.05, 3.63) is 33.9 Å². The molecule has 4 nitrogen and oxygen atoms in total. The first-order valence-corrected chi connectivity index (χ1v) is 6.59. The second-order valence-corrected chi connectivity index (χ2v) is 5.27. The molecule has 1 aromatic rings. The summed E-state index contributed by atoms with van der Waals surface area (Å²) in [6, 6.07) is 5.84. The normalized spacial score (nSPS) is 23.7. The van der Waals surface area contributed by atoms with Gasteiger partial charge >= 0.3 is 0 Å². The number of nitro groups is 1. The van der Waals surface area contributed by atoms with E-state index in [2.05, 4.69) is 12.2 Å². The Morgan fingerprint density at radius 2 is 2.06 bits per heavy atom. The molecule has 1 aromatic carbocycles. The van der Waals surface area contributed by atoms with E-state index in [0.717, 1.165) is 12.1 Å². The Morgan fingerprint density at radius 3 is 2.72 bits per heavy atom. The molecule has 2 rings (SSSR count). The highest BCUT2D eigenvalue weighted by molar-refractivity contribution is 5.55.